The van der Waals surface area contributed by atoms with E-state index in [0.717, 1.165) is 11.8 Å². The number of nitrogens with one attached hydrogen (secondary N) is 2. The van der Waals surface area contributed by atoms with Crippen LogP contribution < -0.4 is 10.6 Å². The summed E-state index contributed by atoms with van der Waals surface area (Å²) in [5.74, 6) is -0.981. The maximum atomic E-state index is 11.8. The smallest absolute Gasteiger partial charge is 0.325 e. The molecule has 1 aromatic heterocycles. The van der Waals surface area contributed by atoms with Crippen molar-refractivity contribution < 1.29 is 24.0 Å². The molecule has 1 aromatic rings. The van der Waals surface area contributed by atoms with Gasteiger partial charge in [0, 0.05) is 6.07 Å². The van der Waals surface area contributed by atoms with E-state index in [-0.39, 0.29) is 11.7 Å². The van der Waals surface area contributed by atoms with E-state index in [1.165, 1.54) is 6.92 Å². The van der Waals surface area contributed by atoms with Gasteiger partial charge in [-0.15, -0.1) is 11.8 Å². The zero-order valence-corrected chi connectivity index (χ0v) is 12.7. The Morgan fingerprint density at radius 2 is 2.10 bits per heavy atom. The molecule has 2 unspecified atom stereocenters. The van der Waals surface area contributed by atoms with Gasteiger partial charge in [-0.05, 0) is 20.8 Å². The van der Waals surface area contributed by atoms with Gasteiger partial charge >= 0.3 is 5.97 Å². The first kappa shape index (κ1) is 17.0. The number of carboxylic acids is 1. The zero-order valence-electron chi connectivity index (χ0n) is 11.9. The quantitative estimate of drug-likeness (QED) is 0.674. The van der Waals surface area contributed by atoms with E-state index in [4.69, 9.17) is 9.63 Å². The molecule has 3 N–H and O–H groups in total. The van der Waals surface area contributed by atoms with E-state index in [9.17, 15) is 14.4 Å². The van der Waals surface area contributed by atoms with E-state index in [2.05, 4.69) is 15.8 Å². The molecular weight excluding hydrogens is 298 g/mol. The molecule has 116 valence electrons. The molecule has 1 heterocycles. The van der Waals surface area contributed by atoms with E-state index in [1.807, 2.05) is 0 Å². The minimum absolute atomic E-state index is 0.00987. The number of hydrogen-bond acceptors (Lipinski definition) is 6. The number of carboxylic acid groups (broad SMARTS) is 1. The monoisotopic (exact) mass is 315 g/mol. The first-order valence-electron chi connectivity index (χ1n) is 6.17. The summed E-state index contributed by atoms with van der Waals surface area (Å²) in [5, 5.41) is 16.7. The zero-order chi connectivity index (χ0) is 16.0. The van der Waals surface area contributed by atoms with Crippen molar-refractivity contribution in [2.24, 2.45) is 0 Å². The second-order valence-electron chi connectivity index (χ2n) is 4.39. The molecule has 8 nitrogen and oxygen atoms in total. The molecule has 0 radical (unpaired) electrons. The SMILES string of the molecule is Cc1cc(NC(=O)C(C)SCC(=O)NC(C)C(=O)O)no1. The maximum absolute atomic E-state index is 11.8. The highest BCUT2D eigenvalue weighted by Gasteiger charge is 2.18. The third-order valence-electron chi connectivity index (χ3n) is 2.46. The second kappa shape index (κ2) is 7.67. The lowest BCUT2D eigenvalue weighted by molar-refractivity contribution is -0.140. The van der Waals surface area contributed by atoms with Crippen LogP contribution in [0.2, 0.25) is 0 Å². The van der Waals surface area contributed by atoms with Gasteiger partial charge in [0.05, 0.1) is 11.0 Å². The lowest BCUT2D eigenvalue weighted by Gasteiger charge is -2.12. The lowest BCUT2D eigenvalue weighted by Crippen LogP contribution is -2.39. The average Bonchev–Trinajstić information content (AvgIpc) is 2.81. The van der Waals surface area contributed by atoms with Gasteiger partial charge in [0.25, 0.3) is 0 Å². The highest BCUT2D eigenvalue weighted by atomic mass is 32.2. The molecule has 0 aromatic carbocycles. The summed E-state index contributed by atoms with van der Waals surface area (Å²) in [6.07, 6.45) is 0. The number of amides is 2. The van der Waals surface area contributed by atoms with Crippen LogP contribution in [0.15, 0.2) is 10.6 Å². The second-order valence-corrected chi connectivity index (χ2v) is 5.72. The fourth-order valence-corrected chi connectivity index (χ4v) is 1.97. The molecule has 2 atom stereocenters. The number of nitrogens with zero attached hydrogens (tertiary/aromatic N) is 1. The van der Waals surface area contributed by atoms with Gasteiger partial charge < -0.3 is 20.3 Å². The summed E-state index contributed by atoms with van der Waals surface area (Å²) in [4.78, 5) is 33.9. The van der Waals surface area contributed by atoms with E-state index < -0.39 is 23.2 Å². The predicted octanol–water partition coefficient (Wildman–Crippen LogP) is 0.633. The molecular formula is C12H17N3O5S. The van der Waals surface area contributed by atoms with E-state index in [1.54, 1.807) is 19.9 Å². The van der Waals surface area contributed by atoms with E-state index in [0.29, 0.717) is 11.6 Å². The average molecular weight is 315 g/mol. The number of carbonyl (C=O) groups excluding carboxylic acids is 2. The minimum Gasteiger partial charge on any atom is -0.480 e. The van der Waals surface area contributed by atoms with Crippen LogP contribution in [0.3, 0.4) is 0 Å². The van der Waals surface area contributed by atoms with Crippen LogP contribution in [0.5, 0.6) is 0 Å². The van der Waals surface area contributed by atoms with Gasteiger partial charge in [-0.1, -0.05) is 5.16 Å². The number of thioether (sulfide) groups is 1. The molecule has 2 amide bonds. The van der Waals surface area contributed by atoms with Crippen LogP contribution in [0, 0.1) is 6.92 Å². The largest absolute Gasteiger partial charge is 0.480 e. The van der Waals surface area contributed by atoms with Crippen molar-refractivity contribution in [2.45, 2.75) is 32.1 Å². The molecule has 0 saturated carbocycles. The van der Waals surface area contributed by atoms with Gasteiger partial charge in [0.1, 0.15) is 11.8 Å². The van der Waals surface area contributed by atoms with Crippen LogP contribution in [0.4, 0.5) is 5.82 Å². The highest BCUT2D eigenvalue weighted by Crippen LogP contribution is 2.14. The maximum Gasteiger partial charge on any atom is 0.325 e. The molecule has 0 fully saturated rings. The molecule has 0 spiro atoms. The third kappa shape index (κ3) is 5.86. The molecule has 0 aliphatic heterocycles. The van der Waals surface area contributed by atoms with Crippen molar-refractivity contribution in [3.05, 3.63) is 11.8 Å². The standard InChI is InChI=1S/C12H17N3O5S/c1-6-4-9(15-20-6)14-11(17)8(3)21-5-10(16)13-7(2)12(18)19/h4,7-8H,5H2,1-3H3,(H,13,16)(H,18,19)(H,14,15,17). The van der Waals surface area contributed by atoms with E-state index >= 15 is 0 Å². The molecule has 0 aliphatic rings. The van der Waals surface area contributed by atoms with Crippen LogP contribution in [-0.4, -0.2) is 45.1 Å². The van der Waals surface area contributed by atoms with Gasteiger partial charge in [-0.3, -0.25) is 14.4 Å². The summed E-state index contributed by atoms with van der Waals surface area (Å²) >= 11 is 1.10. The number of hydrogen-bond donors (Lipinski definition) is 3. The fraction of sp³-hybridized carbons (Fsp3) is 0.500. The Bertz CT molecular complexity index is 531. The first-order valence-corrected chi connectivity index (χ1v) is 7.22. The Hall–Kier alpha value is -2.03. The van der Waals surface area contributed by atoms with Crippen LogP contribution in [0.1, 0.15) is 19.6 Å². The van der Waals surface area contributed by atoms with Gasteiger partial charge in [-0.25, -0.2) is 0 Å². The lowest BCUT2D eigenvalue weighted by atomic mass is 10.3. The summed E-state index contributed by atoms with van der Waals surface area (Å²) in [6.45, 7) is 4.71. The van der Waals surface area contributed by atoms with Crippen molar-refractivity contribution >= 4 is 35.4 Å². The third-order valence-corrected chi connectivity index (χ3v) is 3.60. The molecule has 9 heteroatoms. The normalized spacial score (nSPS) is 13.3. The Balaban J connectivity index is 2.35. The number of carbonyl (C=O) groups is 3. The molecule has 0 bridgehead atoms. The number of aromatic nitrogens is 1. The Kier molecular flexibility index (Phi) is 6.22. The Morgan fingerprint density at radius 1 is 1.43 bits per heavy atom. The minimum atomic E-state index is -1.11. The summed E-state index contributed by atoms with van der Waals surface area (Å²) in [7, 11) is 0. The van der Waals surface area contributed by atoms with Crippen LogP contribution in [-0.2, 0) is 14.4 Å². The van der Waals surface area contributed by atoms with Gasteiger partial charge in [-0.2, -0.15) is 0 Å². The highest BCUT2D eigenvalue weighted by molar-refractivity contribution is 8.01. The summed E-state index contributed by atoms with van der Waals surface area (Å²) in [6, 6.07) is 0.622. The molecule has 0 aliphatic carbocycles. The van der Waals surface area contributed by atoms with Gasteiger partial charge in [0.2, 0.25) is 11.8 Å². The Morgan fingerprint density at radius 3 is 2.62 bits per heavy atom. The topological polar surface area (TPSA) is 122 Å². The van der Waals surface area contributed by atoms with Gasteiger partial charge in [0.15, 0.2) is 5.82 Å². The van der Waals surface area contributed by atoms with Crippen molar-refractivity contribution in [3.63, 3.8) is 0 Å². The molecule has 21 heavy (non-hydrogen) atoms. The number of aryl methyl sites for hydroxylation is 1. The number of anilines is 1. The summed E-state index contributed by atoms with van der Waals surface area (Å²) in [5.41, 5.74) is 0. The summed E-state index contributed by atoms with van der Waals surface area (Å²) < 4.78 is 4.82. The Labute approximate surface area is 125 Å². The van der Waals surface area contributed by atoms with Crippen molar-refractivity contribution in [1.82, 2.24) is 10.5 Å². The predicted molar refractivity (Wildman–Crippen MR) is 77.0 cm³/mol. The van der Waals surface area contributed by atoms with Crippen LogP contribution in [0.25, 0.3) is 0 Å². The first-order chi connectivity index (χ1) is 9.79. The number of aliphatic carboxylic acids is 1. The van der Waals surface area contributed by atoms with Crippen molar-refractivity contribution in [3.8, 4) is 0 Å². The number of rotatable bonds is 7. The molecule has 0 saturated heterocycles. The molecule has 1 rings (SSSR count). The van der Waals surface area contributed by atoms with Crippen LogP contribution >= 0.6 is 11.8 Å². The fourth-order valence-electron chi connectivity index (χ4n) is 1.27. The van der Waals surface area contributed by atoms with Crippen molar-refractivity contribution in [1.29, 1.82) is 0 Å². The van der Waals surface area contributed by atoms with Crippen molar-refractivity contribution in [2.75, 3.05) is 11.1 Å².